The third-order valence-corrected chi connectivity index (χ3v) is 3.56. The Labute approximate surface area is 144 Å². The van der Waals surface area contributed by atoms with Crippen molar-refractivity contribution < 1.29 is 4.79 Å². The van der Waals surface area contributed by atoms with E-state index in [1.54, 1.807) is 6.07 Å². The Balaban J connectivity index is 0.000000230. The van der Waals surface area contributed by atoms with Gasteiger partial charge in [-0.05, 0) is 60.4 Å². The van der Waals surface area contributed by atoms with Gasteiger partial charge < -0.3 is 11.5 Å². The fourth-order valence-electron chi connectivity index (χ4n) is 2.28. The number of hydrogen-bond acceptors (Lipinski definition) is 3. The number of anilines is 2. The zero-order chi connectivity index (χ0) is 18.3. The molecule has 0 heterocycles. The molecule has 0 atom stereocenters. The van der Waals surface area contributed by atoms with Crippen molar-refractivity contribution in [3.05, 3.63) is 77.4 Å². The number of aryl methyl sites for hydroxylation is 1. The normalized spacial score (nSPS) is 12.1. The van der Waals surface area contributed by atoms with Crippen LogP contribution in [0.5, 0.6) is 0 Å². The van der Waals surface area contributed by atoms with Crippen molar-refractivity contribution in [3.63, 3.8) is 0 Å². The van der Waals surface area contributed by atoms with Crippen molar-refractivity contribution in [2.75, 3.05) is 11.5 Å². The summed E-state index contributed by atoms with van der Waals surface area (Å²) in [5, 5.41) is 0. The molecule has 126 valence electrons. The second-order valence-electron chi connectivity index (χ2n) is 5.34. The standard InChI is InChI=1S/C12H10O.C7H10N2.C2H6/c1-8-7-9(2)12(13)11-6-4-3-5-10(8)11;1-5-4-6(8)2-3-7(5)9;1-2/h3-7H,1H2,2H3;2-4H,8-9H2,1H3;1-2H3. The maximum absolute atomic E-state index is 11.7. The lowest BCUT2D eigenvalue weighted by Crippen LogP contribution is -2.08. The molecule has 3 nitrogen and oxygen atoms in total. The summed E-state index contributed by atoms with van der Waals surface area (Å²) in [6.07, 6.45) is 1.84. The first-order valence-corrected chi connectivity index (χ1v) is 8.03. The Morgan fingerprint density at radius 2 is 1.50 bits per heavy atom. The maximum Gasteiger partial charge on any atom is 0.189 e. The molecule has 3 heteroatoms. The quantitative estimate of drug-likeness (QED) is 0.668. The van der Waals surface area contributed by atoms with Gasteiger partial charge in [0.2, 0.25) is 0 Å². The second-order valence-corrected chi connectivity index (χ2v) is 5.34. The number of allylic oxidation sites excluding steroid dienone is 3. The van der Waals surface area contributed by atoms with E-state index in [1.165, 1.54) is 0 Å². The summed E-state index contributed by atoms with van der Waals surface area (Å²) in [7, 11) is 0. The highest BCUT2D eigenvalue weighted by molar-refractivity contribution is 6.15. The van der Waals surface area contributed by atoms with Gasteiger partial charge in [0.1, 0.15) is 0 Å². The number of ketones is 1. The lowest BCUT2D eigenvalue weighted by atomic mass is 9.88. The Morgan fingerprint density at radius 3 is 2.04 bits per heavy atom. The van der Waals surface area contributed by atoms with Crippen LogP contribution in [0.3, 0.4) is 0 Å². The van der Waals surface area contributed by atoms with Gasteiger partial charge >= 0.3 is 0 Å². The fraction of sp³-hybridized carbons (Fsp3) is 0.190. The molecule has 1 aliphatic rings. The Kier molecular flexibility index (Phi) is 6.99. The van der Waals surface area contributed by atoms with Crippen LogP contribution in [0.2, 0.25) is 0 Å². The van der Waals surface area contributed by atoms with Crippen LogP contribution in [0.4, 0.5) is 11.4 Å². The van der Waals surface area contributed by atoms with Crippen molar-refractivity contribution in [1.82, 2.24) is 0 Å². The van der Waals surface area contributed by atoms with Crippen molar-refractivity contribution in [1.29, 1.82) is 0 Å². The van der Waals surface area contributed by atoms with Gasteiger partial charge in [0.15, 0.2) is 5.78 Å². The second kappa shape index (κ2) is 8.73. The summed E-state index contributed by atoms with van der Waals surface area (Å²) in [5.41, 5.74) is 17.0. The molecule has 1 aliphatic carbocycles. The summed E-state index contributed by atoms with van der Waals surface area (Å²) in [5.74, 6) is 0.114. The molecule has 2 aromatic rings. The topological polar surface area (TPSA) is 69.1 Å². The van der Waals surface area contributed by atoms with Crippen LogP contribution < -0.4 is 11.5 Å². The number of nitrogen functional groups attached to an aromatic ring is 2. The van der Waals surface area contributed by atoms with Crippen LogP contribution in [0.25, 0.3) is 5.57 Å². The first-order valence-electron chi connectivity index (χ1n) is 8.03. The molecule has 0 aromatic heterocycles. The molecular formula is C21H26N2O. The highest BCUT2D eigenvalue weighted by Gasteiger charge is 2.18. The SMILES string of the molecule is C=C1C=C(C)C(=O)c2ccccc21.CC.Cc1cc(N)ccc1N. The molecule has 0 spiro atoms. The van der Waals surface area contributed by atoms with E-state index in [2.05, 4.69) is 6.58 Å². The molecule has 0 unspecified atom stereocenters. The van der Waals surface area contributed by atoms with Gasteiger partial charge in [-0.2, -0.15) is 0 Å². The third-order valence-electron chi connectivity index (χ3n) is 3.56. The zero-order valence-electron chi connectivity index (χ0n) is 14.9. The van der Waals surface area contributed by atoms with E-state index in [-0.39, 0.29) is 5.78 Å². The first kappa shape index (κ1) is 19.2. The Hall–Kier alpha value is -2.81. The minimum Gasteiger partial charge on any atom is -0.399 e. The average Bonchev–Trinajstić information content (AvgIpc) is 2.59. The largest absolute Gasteiger partial charge is 0.399 e. The first-order chi connectivity index (χ1) is 11.4. The van der Waals surface area contributed by atoms with Gasteiger partial charge in [0, 0.05) is 16.9 Å². The number of benzene rings is 2. The minimum absolute atomic E-state index is 0.114. The molecule has 0 aliphatic heterocycles. The van der Waals surface area contributed by atoms with E-state index in [1.807, 2.05) is 70.2 Å². The molecule has 0 bridgehead atoms. The zero-order valence-corrected chi connectivity index (χ0v) is 14.9. The fourth-order valence-corrected chi connectivity index (χ4v) is 2.28. The molecule has 3 rings (SSSR count). The van der Waals surface area contributed by atoms with Gasteiger partial charge in [-0.1, -0.05) is 44.7 Å². The lowest BCUT2D eigenvalue weighted by Gasteiger charge is -2.14. The van der Waals surface area contributed by atoms with Crippen LogP contribution in [0.15, 0.2) is 60.7 Å². The molecular weight excluding hydrogens is 296 g/mol. The molecule has 0 radical (unpaired) electrons. The third kappa shape index (κ3) is 4.59. The minimum atomic E-state index is 0.114. The highest BCUT2D eigenvalue weighted by Crippen LogP contribution is 2.27. The van der Waals surface area contributed by atoms with Gasteiger partial charge in [0.05, 0.1) is 0 Å². The van der Waals surface area contributed by atoms with E-state index in [0.717, 1.165) is 39.2 Å². The Bertz CT molecular complexity index is 773. The van der Waals surface area contributed by atoms with Crippen LogP contribution >= 0.6 is 0 Å². The van der Waals surface area contributed by atoms with Crippen molar-refractivity contribution in [3.8, 4) is 0 Å². The van der Waals surface area contributed by atoms with Crippen molar-refractivity contribution in [2.45, 2.75) is 27.7 Å². The van der Waals surface area contributed by atoms with E-state index in [0.29, 0.717) is 0 Å². The summed E-state index contributed by atoms with van der Waals surface area (Å²) >= 11 is 0. The highest BCUT2D eigenvalue weighted by atomic mass is 16.1. The molecule has 24 heavy (non-hydrogen) atoms. The van der Waals surface area contributed by atoms with E-state index < -0.39 is 0 Å². The molecule has 0 amide bonds. The van der Waals surface area contributed by atoms with Crippen molar-refractivity contribution >= 4 is 22.7 Å². The number of nitrogens with two attached hydrogens (primary N) is 2. The molecule has 0 fully saturated rings. The predicted molar refractivity (Wildman–Crippen MR) is 105 cm³/mol. The number of carbonyl (C=O) groups is 1. The molecule has 4 N–H and O–H groups in total. The van der Waals surface area contributed by atoms with Crippen LogP contribution in [-0.2, 0) is 0 Å². The van der Waals surface area contributed by atoms with Gasteiger partial charge in [-0.3, -0.25) is 4.79 Å². The van der Waals surface area contributed by atoms with Crippen LogP contribution in [-0.4, -0.2) is 5.78 Å². The number of rotatable bonds is 0. The predicted octanol–water partition coefficient (Wildman–Crippen LogP) is 5.03. The van der Waals surface area contributed by atoms with Crippen molar-refractivity contribution in [2.24, 2.45) is 0 Å². The summed E-state index contributed by atoms with van der Waals surface area (Å²) in [4.78, 5) is 11.7. The van der Waals surface area contributed by atoms with E-state index in [9.17, 15) is 4.79 Å². The molecule has 0 saturated carbocycles. The summed E-state index contributed by atoms with van der Waals surface area (Å²) in [6, 6.07) is 13.0. The van der Waals surface area contributed by atoms with Gasteiger partial charge in [-0.25, -0.2) is 0 Å². The van der Waals surface area contributed by atoms with Gasteiger partial charge in [0.25, 0.3) is 0 Å². The average molecular weight is 322 g/mol. The number of fused-ring (bicyclic) bond motifs is 1. The molecule has 2 aromatic carbocycles. The Morgan fingerprint density at radius 1 is 0.917 bits per heavy atom. The lowest BCUT2D eigenvalue weighted by molar-refractivity contribution is 0.103. The van der Waals surface area contributed by atoms with E-state index >= 15 is 0 Å². The monoisotopic (exact) mass is 322 g/mol. The number of Topliss-reactive ketones (excluding diaryl/α,β-unsaturated/α-hetero) is 1. The number of hydrogen-bond donors (Lipinski definition) is 2. The van der Waals surface area contributed by atoms with Gasteiger partial charge in [-0.15, -0.1) is 0 Å². The number of carbonyl (C=O) groups excluding carboxylic acids is 1. The smallest absolute Gasteiger partial charge is 0.189 e. The van der Waals surface area contributed by atoms with E-state index in [4.69, 9.17) is 11.5 Å². The maximum atomic E-state index is 11.7. The van der Waals surface area contributed by atoms with Crippen LogP contribution in [0.1, 0.15) is 42.3 Å². The summed E-state index contributed by atoms with van der Waals surface area (Å²) in [6.45, 7) is 11.7. The van der Waals surface area contributed by atoms with Crippen LogP contribution in [0, 0.1) is 6.92 Å². The molecule has 0 saturated heterocycles. The summed E-state index contributed by atoms with van der Waals surface area (Å²) < 4.78 is 0.